The van der Waals surface area contributed by atoms with Crippen LogP contribution in [0.5, 0.6) is 0 Å². The molecule has 1 atom stereocenters. The minimum Gasteiger partial charge on any atom is -0.466 e. The van der Waals surface area contributed by atoms with Gasteiger partial charge in [0.15, 0.2) is 0 Å². The molecule has 1 saturated carbocycles. The van der Waals surface area contributed by atoms with Crippen molar-refractivity contribution in [3.63, 3.8) is 0 Å². The van der Waals surface area contributed by atoms with Crippen LogP contribution in [0.4, 0.5) is 4.79 Å². The molecule has 2 aliphatic rings. The standard InChI is InChI=1S/C18H31N3O4/c1-3-25-17(23)14-9-11-21(12-10-14)13(2)16(22)20-18(24)19-15-7-5-4-6-8-15/h13-15H,3-12H2,1-2H3,(H2,19,20,22,24). The van der Waals surface area contributed by atoms with Gasteiger partial charge in [0.1, 0.15) is 0 Å². The van der Waals surface area contributed by atoms with Gasteiger partial charge in [-0.25, -0.2) is 4.79 Å². The van der Waals surface area contributed by atoms with E-state index < -0.39 is 6.03 Å². The first-order chi connectivity index (χ1) is 12.0. The van der Waals surface area contributed by atoms with Crippen molar-refractivity contribution in [3.8, 4) is 0 Å². The summed E-state index contributed by atoms with van der Waals surface area (Å²) in [6.07, 6.45) is 6.82. The topological polar surface area (TPSA) is 87.7 Å². The molecule has 0 spiro atoms. The van der Waals surface area contributed by atoms with E-state index in [4.69, 9.17) is 4.74 Å². The molecule has 0 aromatic rings. The van der Waals surface area contributed by atoms with Gasteiger partial charge in [-0.1, -0.05) is 19.3 Å². The van der Waals surface area contributed by atoms with Crippen LogP contribution in [0.1, 0.15) is 58.8 Å². The van der Waals surface area contributed by atoms with Gasteiger partial charge in [0, 0.05) is 6.04 Å². The highest BCUT2D eigenvalue weighted by Crippen LogP contribution is 2.20. The Labute approximate surface area is 149 Å². The van der Waals surface area contributed by atoms with Gasteiger partial charge in [-0.05, 0) is 52.6 Å². The molecular weight excluding hydrogens is 322 g/mol. The summed E-state index contributed by atoms with van der Waals surface area (Å²) in [6.45, 7) is 5.31. The third-order valence-electron chi connectivity index (χ3n) is 5.25. The van der Waals surface area contributed by atoms with Gasteiger partial charge in [0.2, 0.25) is 5.91 Å². The highest BCUT2D eigenvalue weighted by molar-refractivity contribution is 5.96. The Balaban J connectivity index is 1.72. The van der Waals surface area contributed by atoms with Crippen molar-refractivity contribution < 1.29 is 19.1 Å². The van der Waals surface area contributed by atoms with Crippen LogP contribution in [0.2, 0.25) is 0 Å². The number of amides is 3. The van der Waals surface area contributed by atoms with Crippen molar-refractivity contribution in [1.82, 2.24) is 15.5 Å². The van der Waals surface area contributed by atoms with Gasteiger partial charge in [-0.15, -0.1) is 0 Å². The second kappa shape index (κ2) is 9.75. The summed E-state index contributed by atoms with van der Waals surface area (Å²) in [5, 5.41) is 5.35. The molecule has 1 aliphatic heterocycles. The molecule has 0 bridgehead atoms. The maximum absolute atomic E-state index is 12.3. The van der Waals surface area contributed by atoms with Crippen LogP contribution in [0.25, 0.3) is 0 Å². The van der Waals surface area contributed by atoms with Gasteiger partial charge in [-0.3, -0.25) is 19.8 Å². The third-order valence-corrected chi connectivity index (χ3v) is 5.25. The zero-order valence-corrected chi connectivity index (χ0v) is 15.4. The van der Waals surface area contributed by atoms with Crippen molar-refractivity contribution in [3.05, 3.63) is 0 Å². The van der Waals surface area contributed by atoms with Crippen LogP contribution >= 0.6 is 0 Å². The fourth-order valence-corrected chi connectivity index (χ4v) is 3.63. The van der Waals surface area contributed by atoms with Crippen LogP contribution < -0.4 is 10.6 Å². The Kier molecular flexibility index (Phi) is 7.68. The Bertz CT molecular complexity index is 469. The minimum atomic E-state index is -0.398. The fourth-order valence-electron chi connectivity index (χ4n) is 3.63. The molecule has 0 aromatic heterocycles. The summed E-state index contributed by atoms with van der Waals surface area (Å²) in [6, 6.07) is -0.609. The fraction of sp³-hybridized carbons (Fsp3) is 0.833. The number of nitrogens with one attached hydrogen (secondary N) is 2. The number of ether oxygens (including phenoxy) is 1. The number of hydrogen-bond acceptors (Lipinski definition) is 5. The Morgan fingerprint density at radius 3 is 2.32 bits per heavy atom. The highest BCUT2D eigenvalue weighted by Gasteiger charge is 2.31. The van der Waals surface area contributed by atoms with Crippen LogP contribution in [0.15, 0.2) is 0 Å². The summed E-state index contributed by atoms with van der Waals surface area (Å²) < 4.78 is 5.06. The number of esters is 1. The molecule has 25 heavy (non-hydrogen) atoms. The van der Waals surface area contributed by atoms with E-state index in [9.17, 15) is 14.4 Å². The maximum atomic E-state index is 12.3. The molecule has 0 aromatic carbocycles. The lowest BCUT2D eigenvalue weighted by Crippen LogP contribution is -2.53. The number of imide groups is 1. The number of piperidine rings is 1. The molecule has 1 unspecified atom stereocenters. The van der Waals surface area contributed by atoms with Crippen molar-refractivity contribution in [1.29, 1.82) is 0 Å². The summed E-state index contributed by atoms with van der Waals surface area (Å²) >= 11 is 0. The summed E-state index contributed by atoms with van der Waals surface area (Å²) in [5.41, 5.74) is 0. The Morgan fingerprint density at radius 1 is 1.08 bits per heavy atom. The Morgan fingerprint density at radius 2 is 1.72 bits per heavy atom. The maximum Gasteiger partial charge on any atom is 0.321 e. The largest absolute Gasteiger partial charge is 0.466 e. The van der Waals surface area contributed by atoms with Crippen molar-refractivity contribution >= 4 is 17.9 Å². The minimum absolute atomic E-state index is 0.0824. The number of carbonyl (C=O) groups is 3. The summed E-state index contributed by atoms with van der Waals surface area (Å²) in [5.74, 6) is -0.518. The van der Waals surface area contributed by atoms with Crippen molar-refractivity contribution in [2.24, 2.45) is 5.92 Å². The Hall–Kier alpha value is -1.63. The predicted octanol–water partition coefficient (Wildman–Crippen LogP) is 1.81. The number of likely N-dealkylation sites (tertiary alicyclic amines) is 1. The van der Waals surface area contributed by atoms with E-state index in [0.29, 0.717) is 32.5 Å². The average molecular weight is 353 g/mol. The molecule has 0 radical (unpaired) electrons. The van der Waals surface area contributed by atoms with Crippen LogP contribution in [0, 0.1) is 5.92 Å². The smallest absolute Gasteiger partial charge is 0.321 e. The first-order valence-electron chi connectivity index (χ1n) is 9.53. The zero-order valence-electron chi connectivity index (χ0n) is 15.4. The van der Waals surface area contributed by atoms with Gasteiger partial charge in [0.25, 0.3) is 0 Å². The molecule has 3 amide bonds. The number of nitrogens with zero attached hydrogens (tertiary/aromatic N) is 1. The van der Waals surface area contributed by atoms with E-state index in [0.717, 1.165) is 25.7 Å². The lowest BCUT2D eigenvalue weighted by Gasteiger charge is -2.34. The van der Waals surface area contributed by atoms with E-state index in [1.165, 1.54) is 6.42 Å². The second-order valence-corrected chi connectivity index (χ2v) is 7.04. The van der Waals surface area contributed by atoms with Crippen LogP contribution in [0.3, 0.4) is 0 Å². The molecule has 1 saturated heterocycles. The molecule has 2 N–H and O–H groups in total. The average Bonchev–Trinajstić information content (AvgIpc) is 2.62. The van der Waals surface area contributed by atoms with E-state index >= 15 is 0 Å². The molecule has 7 nitrogen and oxygen atoms in total. The van der Waals surface area contributed by atoms with E-state index in [-0.39, 0.29) is 29.9 Å². The molecule has 1 aliphatic carbocycles. The van der Waals surface area contributed by atoms with Crippen molar-refractivity contribution in [2.45, 2.75) is 70.9 Å². The van der Waals surface area contributed by atoms with E-state index in [1.807, 2.05) is 4.90 Å². The van der Waals surface area contributed by atoms with E-state index in [1.54, 1.807) is 13.8 Å². The first-order valence-corrected chi connectivity index (χ1v) is 9.53. The second-order valence-electron chi connectivity index (χ2n) is 7.04. The van der Waals surface area contributed by atoms with Gasteiger partial charge in [-0.2, -0.15) is 0 Å². The number of urea groups is 1. The highest BCUT2D eigenvalue weighted by atomic mass is 16.5. The van der Waals surface area contributed by atoms with Crippen LogP contribution in [-0.4, -0.2) is 54.6 Å². The molecule has 142 valence electrons. The number of carbonyl (C=O) groups excluding carboxylic acids is 3. The lowest BCUT2D eigenvalue weighted by atomic mass is 9.95. The third kappa shape index (κ3) is 5.99. The zero-order chi connectivity index (χ0) is 18.2. The normalized spacial score (nSPS) is 21.4. The van der Waals surface area contributed by atoms with Gasteiger partial charge in [0.05, 0.1) is 18.6 Å². The molecule has 2 rings (SSSR count). The van der Waals surface area contributed by atoms with Crippen molar-refractivity contribution in [2.75, 3.05) is 19.7 Å². The van der Waals surface area contributed by atoms with E-state index in [2.05, 4.69) is 10.6 Å². The number of rotatable bonds is 5. The molecule has 1 heterocycles. The summed E-state index contributed by atoms with van der Waals surface area (Å²) in [7, 11) is 0. The molecule has 7 heteroatoms. The van der Waals surface area contributed by atoms with Gasteiger partial charge < -0.3 is 10.1 Å². The number of hydrogen-bond donors (Lipinski definition) is 2. The summed E-state index contributed by atoms with van der Waals surface area (Å²) in [4.78, 5) is 38.1. The van der Waals surface area contributed by atoms with Crippen LogP contribution in [-0.2, 0) is 14.3 Å². The predicted molar refractivity (Wildman–Crippen MR) is 93.9 cm³/mol. The SMILES string of the molecule is CCOC(=O)C1CCN(C(C)C(=O)NC(=O)NC2CCCCC2)CC1. The molecule has 2 fully saturated rings. The van der Waals surface area contributed by atoms with Gasteiger partial charge >= 0.3 is 12.0 Å². The quantitative estimate of drug-likeness (QED) is 0.736. The monoisotopic (exact) mass is 353 g/mol. The first kappa shape index (κ1) is 19.7. The molecular formula is C18H31N3O4. The lowest BCUT2D eigenvalue weighted by molar-refractivity contribution is -0.149.